The average Bonchev–Trinajstić information content (AvgIpc) is 3.48. The number of benzene rings is 2. The monoisotopic (exact) mass is 451 g/mol. The predicted molar refractivity (Wildman–Crippen MR) is 123 cm³/mol. The number of ether oxygens (including phenoxy) is 1. The molecule has 3 aromatic rings. The number of carbonyl (C=O) groups excluding carboxylic acids is 1. The molecule has 1 atom stereocenters. The Hall–Kier alpha value is -2.51. The summed E-state index contributed by atoms with van der Waals surface area (Å²) in [6, 6.07) is 12.4. The lowest BCUT2D eigenvalue weighted by Gasteiger charge is -2.16. The van der Waals surface area contributed by atoms with Gasteiger partial charge in [0.2, 0.25) is 0 Å². The van der Waals surface area contributed by atoms with E-state index >= 15 is 0 Å². The summed E-state index contributed by atoms with van der Waals surface area (Å²) < 4.78 is 21.2. The second-order valence-electron chi connectivity index (χ2n) is 8.46. The van der Waals surface area contributed by atoms with Crippen LogP contribution in [-0.2, 0) is 24.1 Å². The van der Waals surface area contributed by atoms with Crippen molar-refractivity contribution >= 4 is 17.5 Å². The standard InChI is InChI=1S/C25H26FN3O2S/c26-21-11-9-18(10-12-21)24-27-28-25(29(24)15-22-6-3-13-31-22)32-16-23(30)20-8-7-17-4-1-2-5-19(17)14-20/h7-12,14,22H,1-6,13,15-16H2. The zero-order chi connectivity index (χ0) is 21.9. The maximum Gasteiger partial charge on any atom is 0.192 e. The molecule has 1 saturated heterocycles. The first-order valence-electron chi connectivity index (χ1n) is 11.3. The van der Waals surface area contributed by atoms with Gasteiger partial charge in [-0.1, -0.05) is 23.9 Å². The van der Waals surface area contributed by atoms with Gasteiger partial charge in [0.05, 0.1) is 18.4 Å². The minimum atomic E-state index is -0.288. The molecule has 7 heteroatoms. The summed E-state index contributed by atoms with van der Waals surface area (Å²) >= 11 is 1.40. The van der Waals surface area contributed by atoms with Crippen molar-refractivity contribution in [1.29, 1.82) is 0 Å². The fourth-order valence-corrected chi connectivity index (χ4v) is 5.33. The Bertz CT molecular complexity index is 1110. The summed E-state index contributed by atoms with van der Waals surface area (Å²) in [5.41, 5.74) is 4.25. The summed E-state index contributed by atoms with van der Waals surface area (Å²) in [7, 11) is 0. The van der Waals surface area contributed by atoms with Crippen LogP contribution in [0.2, 0.25) is 0 Å². The van der Waals surface area contributed by atoms with Crippen LogP contribution in [0, 0.1) is 5.82 Å². The molecule has 5 rings (SSSR count). The SMILES string of the molecule is O=C(CSc1nnc(-c2ccc(F)cc2)n1CC1CCCO1)c1ccc2c(c1)CCCC2. The van der Waals surface area contributed by atoms with Gasteiger partial charge in [0, 0.05) is 17.7 Å². The first-order chi connectivity index (χ1) is 15.7. The van der Waals surface area contributed by atoms with Crippen LogP contribution in [-0.4, -0.2) is 39.0 Å². The predicted octanol–water partition coefficient (Wildman–Crippen LogP) is 5.12. The molecule has 1 aliphatic heterocycles. The summed E-state index contributed by atoms with van der Waals surface area (Å²) in [5, 5.41) is 9.42. The topological polar surface area (TPSA) is 57.0 Å². The highest BCUT2D eigenvalue weighted by molar-refractivity contribution is 7.99. The number of fused-ring (bicyclic) bond motifs is 1. The van der Waals surface area contributed by atoms with Gasteiger partial charge < -0.3 is 4.74 Å². The Kier molecular flexibility index (Phi) is 6.37. The largest absolute Gasteiger partial charge is 0.376 e. The number of Topliss-reactive ketones (excluding diaryl/α,β-unsaturated/α-hetero) is 1. The molecule has 1 aromatic heterocycles. The number of carbonyl (C=O) groups is 1. The third-order valence-electron chi connectivity index (χ3n) is 6.23. The highest BCUT2D eigenvalue weighted by Gasteiger charge is 2.23. The number of halogens is 1. The zero-order valence-electron chi connectivity index (χ0n) is 17.9. The van der Waals surface area contributed by atoms with Gasteiger partial charge in [-0.05, 0) is 80.0 Å². The highest BCUT2D eigenvalue weighted by Crippen LogP contribution is 2.28. The Balaban J connectivity index is 1.35. The van der Waals surface area contributed by atoms with E-state index in [2.05, 4.69) is 22.3 Å². The Labute approximate surface area is 191 Å². The third-order valence-corrected chi connectivity index (χ3v) is 7.20. The lowest BCUT2D eigenvalue weighted by atomic mass is 9.90. The van der Waals surface area contributed by atoms with Crippen LogP contribution in [0.1, 0.15) is 47.2 Å². The molecular formula is C25H26FN3O2S. The number of hydrogen-bond acceptors (Lipinski definition) is 5. The molecular weight excluding hydrogens is 425 g/mol. The molecule has 2 aromatic carbocycles. The van der Waals surface area contributed by atoms with E-state index in [1.165, 1.54) is 47.9 Å². The van der Waals surface area contributed by atoms with E-state index in [1.54, 1.807) is 12.1 Å². The van der Waals surface area contributed by atoms with Crippen molar-refractivity contribution in [3.63, 3.8) is 0 Å². The van der Waals surface area contributed by atoms with Crippen molar-refractivity contribution in [2.75, 3.05) is 12.4 Å². The quantitative estimate of drug-likeness (QED) is 0.369. The van der Waals surface area contributed by atoms with Crippen molar-refractivity contribution < 1.29 is 13.9 Å². The molecule has 1 aliphatic carbocycles. The van der Waals surface area contributed by atoms with Crippen molar-refractivity contribution in [3.8, 4) is 11.4 Å². The number of aryl methyl sites for hydroxylation is 2. The van der Waals surface area contributed by atoms with Crippen LogP contribution < -0.4 is 0 Å². The minimum absolute atomic E-state index is 0.0957. The van der Waals surface area contributed by atoms with Crippen LogP contribution >= 0.6 is 11.8 Å². The molecule has 2 aliphatic rings. The molecule has 32 heavy (non-hydrogen) atoms. The van der Waals surface area contributed by atoms with Gasteiger partial charge in [0.15, 0.2) is 16.8 Å². The Morgan fingerprint density at radius 2 is 1.88 bits per heavy atom. The van der Waals surface area contributed by atoms with E-state index in [-0.39, 0.29) is 17.7 Å². The van der Waals surface area contributed by atoms with E-state index in [1.807, 2.05) is 10.6 Å². The number of nitrogens with zero attached hydrogens (tertiary/aromatic N) is 3. The molecule has 0 N–H and O–H groups in total. The normalized spacial score (nSPS) is 18.0. The van der Waals surface area contributed by atoms with E-state index in [0.29, 0.717) is 23.3 Å². The molecule has 5 nitrogen and oxygen atoms in total. The number of hydrogen-bond donors (Lipinski definition) is 0. The molecule has 0 amide bonds. The van der Waals surface area contributed by atoms with Gasteiger partial charge in [0.1, 0.15) is 5.82 Å². The summed E-state index contributed by atoms with van der Waals surface area (Å²) in [4.78, 5) is 12.9. The lowest BCUT2D eigenvalue weighted by molar-refractivity contribution is 0.0953. The lowest BCUT2D eigenvalue weighted by Crippen LogP contribution is -2.17. The molecule has 1 unspecified atom stereocenters. The van der Waals surface area contributed by atoms with E-state index < -0.39 is 0 Å². The highest BCUT2D eigenvalue weighted by atomic mass is 32.2. The van der Waals surface area contributed by atoms with Gasteiger partial charge in [0.25, 0.3) is 0 Å². The van der Waals surface area contributed by atoms with Crippen molar-refractivity contribution in [2.24, 2.45) is 0 Å². The van der Waals surface area contributed by atoms with Gasteiger partial charge in [-0.2, -0.15) is 0 Å². The Morgan fingerprint density at radius 1 is 1.06 bits per heavy atom. The fraction of sp³-hybridized carbons (Fsp3) is 0.400. The summed E-state index contributed by atoms with van der Waals surface area (Å²) in [5.74, 6) is 0.776. The zero-order valence-corrected chi connectivity index (χ0v) is 18.7. The molecule has 1 fully saturated rings. The maximum atomic E-state index is 13.4. The Morgan fingerprint density at radius 3 is 2.66 bits per heavy atom. The first kappa shape index (κ1) is 21.3. The molecule has 0 spiro atoms. The molecule has 0 saturated carbocycles. The molecule has 0 radical (unpaired) electrons. The fourth-order valence-electron chi connectivity index (χ4n) is 4.48. The van der Waals surface area contributed by atoms with Gasteiger partial charge >= 0.3 is 0 Å². The van der Waals surface area contributed by atoms with E-state index in [0.717, 1.165) is 43.4 Å². The van der Waals surface area contributed by atoms with Gasteiger partial charge in [-0.3, -0.25) is 9.36 Å². The molecule has 2 heterocycles. The number of aromatic nitrogens is 3. The number of ketones is 1. The van der Waals surface area contributed by atoms with Gasteiger partial charge in [-0.25, -0.2) is 4.39 Å². The number of thioether (sulfide) groups is 1. The second kappa shape index (κ2) is 9.55. The average molecular weight is 452 g/mol. The van der Waals surface area contributed by atoms with Crippen molar-refractivity contribution in [1.82, 2.24) is 14.8 Å². The van der Waals surface area contributed by atoms with Crippen molar-refractivity contribution in [2.45, 2.75) is 56.3 Å². The van der Waals surface area contributed by atoms with E-state index in [9.17, 15) is 9.18 Å². The summed E-state index contributed by atoms with van der Waals surface area (Å²) in [6.45, 7) is 1.38. The molecule has 0 bridgehead atoms. The summed E-state index contributed by atoms with van der Waals surface area (Å²) in [6.07, 6.45) is 6.71. The van der Waals surface area contributed by atoms with Crippen LogP contribution in [0.25, 0.3) is 11.4 Å². The second-order valence-corrected chi connectivity index (χ2v) is 9.40. The molecule has 166 valence electrons. The van der Waals surface area contributed by atoms with Crippen molar-refractivity contribution in [3.05, 3.63) is 65.0 Å². The van der Waals surface area contributed by atoms with Crippen LogP contribution in [0.3, 0.4) is 0 Å². The van der Waals surface area contributed by atoms with Gasteiger partial charge in [-0.15, -0.1) is 10.2 Å². The first-order valence-corrected chi connectivity index (χ1v) is 12.2. The number of rotatable bonds is 7. The van der Waals surface area contributed by atoms with Crippen LogP contribution in [0.4, 0.5) is 4.39 Å². The van der Waals surface area contributed by atoms with Crippen LogP contribution in [0.5, 0.6) is 0 Å². The third kappa shape index (κ3) is 4.64. The minimum Gasteiger partial charge on any atom is -0.376 e. The van der Waals surface area contributed by atoms with Crippen LogP contribution in [0.15, 0.2) is 47.6 Å². The van der Waals surface area contributed by atoms with E-state index in [4.69, 9.17) is 4.74 Å². The maximum absolute atomic E-state index is 13.4. The smallest absolute Gasteiger partial charge is 0.192 e.